The second kappa shape index (κ2) is 8.19. The first-order valence-corrected chi connectivity index (χ1v) is 9.97. The summed E-state index contributed by atoms with van der Waals surface area (Å²) in [6.07, 6.45) is 0.375. The molecule has 1 amide bonds. The van der Waals surface area contributed by atoms with Crippen LogP contribution in [0.25, 0.3) is 0 Å². The van der Waals surface area contributed by atoms with Gasteiger partial charge in [0.05, 0.1) is 18.1 Å². The van der Waals surface area contributed by atoms with Gasteiger partial charge >= 0.3 is 6.09 Å². The lowest BCUT2D eigenvalue weighted by molar-refractivity contribution is 0.156. The minimum atomic E-state index is -0.317. The molecule has 0 aliphatic carbocycles. The van der Waals surface area contributed by atoms with Gasteiger partial charge in [0.15, 0.2) is 0 Å². The van der Waals surface area contributed by atoms with Crippen LogP contribution in [-0.4, -0.2) is 47.1 Å². The molecule has 3 atom stereocenters. The van der Waals surface area contributed by atoms with Gasteiger partial charge in [-0.25, -0.2) is 4.79 Å². The molecule has 0 aromatic heterocycles. The monoisotopic (exact) mass is 409 g/mol. The van der Waals surface area contributed by atoms with Crippen LogP contribution in [0.15, 0.2) is 28.2 Å². The number of ether oxygens (including phenoxy) is 1. The highest BCUT2D eigenvalue weighted by Crippen LogP contribution is 2.26. The van der Waals surface area contributed by atoms with Crippen molar-refractivity contribution in [1.82, 2.24) is 4.90 Å². The second-order valence-corrected chi connectivity index (χ2v) is 8.49. The molecule has 1 aromatic rings. The maximum Gasteiger partial charge on any atom is 0.410 e. The number of carbonyl (C=O) groups excluding carboxylic acids is 1. The van der Waals surface area contributed by atoms with E-state index in [9.17, 15) is 4.79 Å². The summed E-state index contributed by atoms with van der Waals surface area (Å²) in [5.41, 5.74) is 2.95. The topological polar surface area (TPSA) is 54.3 Å². The van der Waals surface area contributed by atoms with E-state index in [0.717, 1.165) is 17.0 Å². The molecule has 2 unspecified atom stereocenters. The molecule has 1 saturated heterocycles. The molecule has 0 spiro atoms. The number of halogens is 2. The molecule has 2 heterocycles. The van der Waals surface area contributed by atoms with E-state index in [-0.39, 0.29) is 24.2 Å². The first-order valence-electron chi connectivity index (χ1n) is 9.21. The van der Waals surface area contributed by atoms with Crippen molar-refractivity contribution >= 4 is 40.7 Å². The Bertz CT molecular complexity index is 771. The van der Waals surface area contributed by atoms with Crippen molar-refractivity contribution in [2.24, 2.45) is 15.9 Å². The number of carbonyl (C=O) groups is 1. The summed E-state index contributed by atoms with van der Waals surface area (Å²) in [7, 11) is 0. The van der Waals surface area contributed by atoms with Gasteiger partial charge in [0.2, 0.25) is 0 Å². The Labute approximate surface area is 170 Å². The van der Waals surface area contributed by atoms with Gasteiger partial charge < -0.3 is 4.74 Å². The summed E-state index contributed by atoms with van der Waals surface area (Å²) < 4.78 is 5.31. The average molecular weight is 410 g/mol. The van der Waals surface area contributed by atoms with Crippen molar-refractivity contribution in [3.8, 4) is 0 Å². The molecule has 2 aliphatic rings. The van der Waals surface area contributed by atoms with Crippen LogP contribution in [0.1, 0.15) is 39.7 Å². The van der Waals surface area contributed by atoms with Crippen LogP contribution in [0.4, 0.5) is 4.79 Å². The smallest absolute Gasteiger partial charge is 0.410 e. The molecule has 0 bridgehead atoms. The molecule has 0 radical (unpaired) electrons. The van der Waals surface area contributed by atoms with Crippen LogP contribution in [0, 0.1) is 5.92 Å². The first-order chi connectivity index (χ1) is 12.7. The maximum absolute atomic E-state index is 12.3. The highest BCUT2D eigenvalue weighted by molar-refractivity contribution is 6.34. The Morgan fingerprint density at radius 3 is 2.44 bits per heavy atom. The standard InChI is InChI=1S/C20H25Cl2N3O2/c1-11(2)19-13(4)23-18(12(3)24-19)8-17-10-27-20(26)25(17)9-14-5-15(21)7-16(22)6-14/h5-7,11,17-19H,8-10H2,1-4H3/t17?,18?,19-/m1/s1. The molecule has 2 aliphatic heterocycles. The molecule has 1 fully saturated rings. The number of hydrogen-bond donors (Lipinski definition) is 0. The molecule has 0 saturated carbocycles. The van der Waals surface area contributed by atoms with Gasteiger partial charge in [0.1, 0.15) is 6.61 Å². The Morgan fingerprint density at radius 2 is 1.81 bits per heavy atom. The van der Waals surface area contributed by atoms with Gasteiger partial charge in [-0.05, 0) is 49.9 Å². The second-order valence-electron chi connectivity index (χ2n) is 7.62. The Kier molecular flexibility index (Phi) is 6.11. The van der Waals surface area contributed by atoms with E-state index < -0.39 is 0 Å². The summed E-state index contributed by atoms with van der Waals surface area (Å²) in [5.74, 6) is 0.421. The van der Waals surface area contributed by atoms with Crippen molar-refractivity contribution in [3.05, 3.63) is 33.8 Å². The third-order valence-corrected chi connectivity index (χ3v) is 5.53. The first kappa shape index (κ1) is 20.2. The fourth-order valence-electron chi connectivity index (χ4n) is 3.70. The van der Waals surface area contributed by atoms with Crippen LogP contribution in [0.3, 0.4) is 0 Å². The van der Waals surface area contributed by atoms with Gasteiger partial charge in [-0.2, -0.15) is 0 Å². The molecule has 1 aromatic carbocycles. The number of rotatable bonds is 5. The lowest BCUT2D eigenvalue weighted by Gasteiger charge is -2.29. The fraction of sp³-hybridized carbons (Fsp3) is 0.550. The molecular weight excluding hydrogens is 385 g/mol. The lowest BCUT2D eigenvalue weighted by atomic mass is 9.95. The molecule has 146 valence electrons. The number of aliphatic imine (C=N–C) groups is 2. The summed E-state index contributed by atoms with van der Waals surface area (Å²) >= 11 is 12.2. The maximum atomic E-state index is 12.3. The van der Waals surface area contributed by atoms with Gasteiger partial charge in [-0.15, -0.1) is 0 Å². The number of hydrogen-bond acceptors (Lipinski definition) is 4. The zero-order chi connectivity index (χ0) is 19.7. The Hall–Kier alpha value is -1.59. The van der Waals surface area contributed by atoms with Crippen molar-refractivity contribution in [2.75, 3.05) is 6.61 Å². The molecule has 5 nitrogen and oxygen atoms in total. The summed E-state index contributed by atoms with van der Waals surface area (Å²) in [6, 6.07) is 5.38. The van der Waals surface area contributed by atoms with E-state index in [1.807, 2.05) is 26.0 Å². The minimum Gasteiger partial charge on any atom is -0.447 e. The highest BCUT2D eigenvalue weighted by Gasteiger charge is 2.36. The molecular formula is C20H25Cl2N3O2. The molecule has 27 heavy (non-hydrogen) atoms. The number of amides is 1. The predicted octanol–water partition coefficient (Wildman–Crippen LogP) is 5.03. The van der Waals surface area contributed by atoms with Crippen LogP contribution >= 0.6 is 23.2 Å². The van der Waals surface area contributed by atoms with Crippen molar-refractivity contribution in [2.45, 2.75) is 58.8 Å². The van der Waals surface area contributed by atoms with Gasteiger partial charge in [-0.3, -0.25) is 14.9 Å². The summed E-state index contributed by atoms with van der Waals surface area (Å²) in [5, 5.41) is 1.11. The van der Waals surface area contributed by atoms with E-state index in [0.29, 0.717) is 35.5 Å². The summed E-state index contributed by atoms with van der Waals surface area (Å²) in [4.78, 5) is 23.7. The van der Waals surface area contributed by atoms with Crippen LogP contribution in [0.2, 0.25) is 10.0 Å². The molecule has 7 heteroatoms. The Morgan fingerprint density at radius 1 is 1.15 bits per heavy atom. The number of benzene rings is 1. The van der Waals surface area contributed by atoms with Crippen molar-refractivity contribution < 1.29 is 9.53 Å². The fourth-order valence-corrected chi connectivity index (χ4v) is 4.28. The number of cyclic esters (lactones) is 1. The SMILES string of the molecule is CC1=N[C@H](C(C)C)C(C)=NC1CC1COC(=O)N1Cc1cc(Cl)cc(Cl)c1. The van der Waals surface area contributed by atoms with Crippen LogP contribution < -0.4 is 0 Å². The van der Waals surface area contributed by atoms with Gasteiger partial charge in [0, 0.05) is 28.0 Å². The van der Waals surface area contributed by atoms with E-state index in [1.54, 1.807) is 11.0 Å². The van der Waals surface area contributed by atoms with Crippen molar-refractivity contribution in [1.29, 1.82) is 0 Å². The summed E-state index contributed by atoms with van der Waals surface area (Å²) in [6.45, 7) is 9.14. The highest BCUT2D eigenvalue weighted by atomic mass is 35.5. The van der Waals surface area contributed by atoms with E-state index in [1.165, 1.54) is 0 Å². The van der Waals surface area contributed by atoms with Gasteiger partial charge in [0.25, 0.3) is 0 Å². The van der Waals surface area contributed by atoms with Crippen molar-refractivity contribution in [3.63, 3.8) is 0 Å². The zero-order valence-corrected chi connectivity index (χ0v) is 17.6. The minimum absolute atomic E-state index is 0.0232. The van der Waals surface area contributed by atoms with Crippen LogP contribution in [0.5, 0.6) is 0 Å². The lowest BCUT2D eigenvalue weighted by Crippen LogP contribution is -2.39. The zero-order valence-electron chi connectivity index (χ0n) is 16.1. The predicted molar refractivity (Wildman–Crippen MR) is 110 cm³/mol. The van der Waals surface area contributed by atoms with E-state index >= 15 is 0 Å². The molecule has 3 rings (SSSR count). The molecule has 0 N–H and O–H groups in total. The van der Waals surface area contributed by atoms with Crippen LogP contribution in [-0.2, 0) is 11.3 Å². The quantitative estimate of drug-likeness (QED) is 0.684. The third-order valence-electron chi connectivity index (χ3n) is 5.09. The largest absolute Gasteiger partial charge is 0.447 e. The average Bonchev–Trinajstić information content (AvgIpc) is 2.90. The van der Waals surface area contributed by atoms with Gasteiger partial charge in [-0.1, -0.05) is 37.0 Å². The van der Waals surface area contributed by atoms with E-state index in [2.05, 4.69) is 13.8 Å². The third kappa shape index (κ3) is 4.64. The number of nitrogens with zero attached hydrogens (tertiary/aromatic N) is 3. The van der Waals surface area contributed by atoms with E-state index in [4.69, 9.17) is 37.9 Å². The Balaban J connectivity index is 1.74. The normalized spacial score (nSPS) is 25.5.